The van der Waals surface area contributed by atoms with Gasteiger partial charge in [0.15, 0.2) is 5.65 Å². The van der Waals surface area contributed by atoms with Crippen molar-refractivity contribution >= 4 is 22.8 Å². The molecule has 0 aliphatic heterocycles. The van der Waals surface area contributed by atoms with E-state index in [1.54, 1.807) is 53.1 Å². The number of amides is 1. The number of hydrogen-bond donors (Lipinski definition) is 1. The third kappa shape index (κ3) is 4.03. The van der Waals surface area contributed by atoms with Crippen LogP contribution in [0.1, 0.15) is 13.3 Å². The van der Waals surface area contributed by atoms with Crippen LogP contribution in [0.2, 0.25) is 0 Å². The molecule has 2 aromatic carbocycles. The number of carbonyl (C=O) groups excluding carboxylic acids is 1. The van der Waals surface area contributed by atoms with E-state index in [4.69, 9.17) is 0 Å². The van der Waals surface area contributed by atoms with E-state index in [9.17, 15) is 13.6 Å². The van der Waals surface area contributed by atoms with Gasteiger partial charge in [0.25, 0.3) is 0 Å². The Labute approximate surface area is 193 Å². The lowest BCUT2D eigenvalue weighted by molar-refractivity contribution is -0.115. The van der Waals surface area contributed by atoms with Crippen LogP contribution < -0.4 is 5.32 Å². The fraction of sp³-hybridized carbons (Fsp3) is 0.120. The second kappa shape index (κ2) is 8.51. The number of fused-ring (bicyclic) bond motifs is 1. The van der Waals surface area contributed by atoms with Crippen LogP contribution in [0, 0.1) is 11.6 Å². The molecule has 0 aliphatic carbocycles. The first-order valence-electron chi connectivity index (χ1n) is 10.6. The van der Waals surface area contributed by atoms with Gasteiger partial charge in [0, 0.05) is 54.3 Å². The van der Waals surface area contributed by atoms with Gasteiger partial charge < -0.3 is 5.32 Å². The zero-order chi connectivity index (χ0) is 23.8. The third-order valence-electron chi connectivity index (χ3n) is 5.47. The Hall–Kier alpha value is -4.40. The number of nitrogens with zero attached hydrogens (tertiary/aromatic N) is 5. The van der Waals surface area contributed by atoms with Gasteiger partial charge in [-0.1, -0.05) is 6.92 Å². The molecule has 34 heavy (non-hydrogen) atoms. The van der Waals surface area contributed by atoms with Gasteiger partial charge in [0.2, 0.25) is 5.91 Å². The molecule has 0 atom stereocenters. The summed E-state index contributed by atoms with van der Waals surface area (Å²) >= 11 is 0. The van der Waals surface area contributed by atoms with Gasteiger partial charge in [-0.15, -0.1) is 0 Å². The minimum Gasteiger partial charge on any atom is -0.326 e. The van der Waals surface area contributed by atoms with Crippen molar-refractivity contribution in [2.24, 2.45) is 7.05 Å². The largest absolute Gasteiger partial charge is 0.326 e. The summed E-state index contributed by atoms with van der Waals surface area (Å²) in [5, 5.41) is 7.01. The molecule has 5 aromatic rings. The summed E-state index contributed by atoms with van der Waals surface area (Å²) in [5.74, 6) is -1.54. The number of hydrogen-bond acceptors (Lipinski definition) is 4. The number of benzene rings is 2. The molecule has 3 heterocycles. The first-order chi connectivity index (χ1) is 16.4. The summed E-state index contributed by atoms with van der Waals surface area (Å²) in [4.78, 5) is 21.1. The van der Waals surface area contributed by atoms with Gasteiger partial charge >= 0.3 is 0 Å². The minimum absolute atomic E-state index is 0.183. The molecule has 1 amide bonds. The van der Waals surface area contributed by atoms with Gasteiger partial charge in [-0.25, -0.2) is 18.7 Å². The molecule has 0 spiro atoms. The number of imidazole rings is 1. The topological polar surface area (TPSA) is 77.6 Å². The van der Waals surface area contributed by atoms with Crippen molar-refractivity contribution in [3.63, 3.8) is 0 Å². The van der Waals surface area contributed by atoms with Crippen molar-refractivity contribution in [3.8, 4) is 27.9 Å². The number of anilines is 1. The number of aryl methyl sites for hydroxylation is 1. The van der Waals surface area contributed by atoms with Crippen LogP contribution in [-0.2, 0) is 11.8 Å². The van der Waals surface area contributed by atoms with E-state index in [0.717, 1.165) is 17.2 Å². The average molecular weight is 458 g/mol. The number of nitrogens with one attached hydrogen (secondary N) is 1. The Morgan fingerprint density at radius 1 is 1.00 bits per heavy atom. The van der Waals surface area contributed by atoms with Gasteiger partial charge in [0.05, 0.1) is 11.9 Å². The van der Waals surface area contributed by atoms with Gasteiger partial charge in [-0.05, 0) is 42.0 Å². The van der Waals surface area contributed by atoms with Crippen LogP contribution in [0.25, 0.3) is 39.1 Å². The van der Waals surface area contributed by atoms with E-state index in [0.29, 0.717) is 28.1 Å². The molecular formula is C25H20F2N6O. The maximum atomic E-state index is 14.6. The van der Waals surface area contributed by atoms with Gasteiger partial charge in [0.1, 0.15) is 23.5 Å². The number of carbonyl (C=O) groups is 1. The standard InChI is InChI=1S/C25H20F2N6O/c1-3-24(34)31-19-6-15(21-5-4-18(26)9-22(21)27)7-20(10-19)33-14-29-23-8-16(11-28-25(23)33)17-12-30-32(2)13-17/h4-14H,3H2,1-2H3,(H,31,34). The van der Waals surface area contributed by atoms with Crippen LogP contribution in [0.4, 0.5) is 14.5 Å². The predicted molar refractivity (Wildman–Crippen MR) is 125 cm³/mol. The molecule has 1 N–H and O–H groups in total. The number of aromatic nitrogens is 5. The summed E-state index contributed by atoms with van der Waals surface area (Å²) < 4.78 is 31.5. The van der Waals surface area contributed by atoms with E-state index in [2.05, 4.69) is 20.4 Å². The Kier molecular flexibility index (Phi) is 5.37. The quantitative estimate of drug-likeness (QED) is 0.397. The molecule has 7 nitrogen and oxygen atoms in total. The zero-order valence-electron chi connectivity index (χ0n) is 18.5. The highest BCUT2D eigenvalue weighted by atomic mass is 19.1. The summed E-state index contributed by atoms with van der Waals surface area (Å²) in [6, 6.07) is 10.5. The lowest BCUT2D eigenvalue weighted by Gasteiger charge is -2.13. The highest BCUT2D eigenvalue weighted by Gasteiger charge is 2.14. The molecule has 0 aliphatic rings. The number of rotatable bonds is 5. The first-order valence-corrected chi connectivity index (χ1v) is 10.6. The molecule has 0 unspecified atom stereocenters. The SMILES string of the molecule is CCC(=O)Nc1cc(-c2ccc(F)cc2F)cc(-n2cnc3cc(-c4cnn(C)c4)cnc32)c1. The summed E-state index contributed by atoms with van der Waals surface area (Å²) in [6.45, 7) is 1.74. The smallest absolute Gasteiger partial charge is 0.224 e. The first kappa shape index (κ1) is 21.4. The van der Waals surface area contributed by atoms with Crippen molar-refractivity contribution in [3.05, 3.63) is 79.0 Å². The van der Waals surface area contributed by atoms with E-state index in [1.807, 2.05) is 19.3 Å². The van der Waals surface area contributed by atoms with Crippen LogP contribution in [0.15, 0.2) is 67.4 Å². The third-order valence-corrected chi connectivity index (χ3v) is 5.47. The fourth-order valence-electron chi connectivity index (χ4n) is 3.77. The molecular weight excluding hydrogens is 438 g/mol. The lowest BCUT2D eigenvalue weighted by Crippen LogP contribution is -2.10. The van der Waals surface area contributed by atoms with E-state index in [1.165, 1.54) is 12.1 Å². The number of pyridine rings is 1. The summed E-state index contributed by atoms with van der Waals surface area (Å²) in [7, 11) is 1.84. The predicted octanol–water partition coefficient (Wildman–Crippen LogP) is 5.11. The van der Waals surface area contributed by atoms with Crippen molar-refractivity contribution in [1.82, 2.24) is 24.3 Å². The summed E-state index contributed by atoms with van der Waals surface area (Å²) in [6.07, 6.45) is 7.29. The number of halogens is 2. The van der Waals surface area contributed by atoms with Gasteiger partial charge in [-0.2, -0.15) is 5.10 Å². The molecule has 0 bridgehead atoms. The molecule has 0 radical (unpaired) electrons. The van der Waals surface area contributed by atoms with E-state index >= 15 is 0 Å². The Morgan fingerprint density at radius 2 is 1.85 bits per heavy atom. The van der Waals surface area contributed by atoms with Crippen LogP contribution in [0.5, 0.6) is 0 Å². The summed E-state index contributed by atoms with van der Waals surface area (Å²) in [5.41, 5.74) is 4.86. The second-order valence-electron chi connectivity index (χ2n) is 7.88. The van der Waals surface area contributed by atoms with E-state index < -0.39 is 11.6 Å². The van der Waals surface area contributed by atoms with E-state index in [-0.39, 0.29) is 17.9 Å². The Balaban J connectivity index is 1.63. The Morgan fingerprint density at radius 3 is 2.59 bits per heavy atom. The highest BCUT2D eigenvalue weighted by molar-refractivity contribution is 5.92. The zero-order valence-corrected chi connectivity index (χ0v) is 18.5. The normalized spacial score (nSPS) is 11.2. The van der Waals surface area contributed by atoms with Crippen molar-refractivity contribution in [2.45, 2.75) is 13.3 Å². The molecule has 0 saturated heterocycles. The molecule has 9 heteroatoms. The monoisotopic (exact) mass is 458 g/mol. The maximum Gasteiger partial charge on any atom is 0.224 e. The second-order valence-corrected chi connectivity index (χ2v) is 7.88. The molecule has 170 valence electrons. The molecule has 3 aromatic heterocycles. The van der Waals surface area contributed by atoms with Gasteiger partial charge in [-0.3, -0.25) is 14.0 Å². The van der Waals surface area contributed by atoms with Crippen molar-refractivity contribution < 1.29 is 13.6 Å². The van der Waals surface area contributed by atoms with Crippen molar-refractivity contribution in [2.75, 3.05) is 5.32 Å². The molecule has 0 saturated carbocycles. The highest BCUT2D eigenvalue weighted by Crippen LogP contribution is 2.31. The van der Waals surface area contributed by atoms with Crippen LogP contribution in [0.3, 0.4) is 0 Å². The van der Waals surface area contributed by atoms with Crippen LogP contribution in [-0.4, -0.2) is 30.2 Å². The fourth-order valence-corrected chi connectivity index (χ4v) is 3.77. The van der Waals surface area contributed by atoms with Crippen LogP contribution >= 0.6 is 0 Å². The molecule has 0 fully saturated rings. The Bertz CT molecular complexity index is 1540. The minimum atomic E-state index is -0.695. The maximum absolute atomic E-state index is 14.6. The lowest BCUT2D eigenvalue weighted by atomic mass is 10.0. The average Bonchev–Trinajstić information content (AvgIpc) is 3.44. The molecule has 5 rings (SSSR count). The van der Waals surface area contributed by atoms with Crippen molar-refractivity contribution in [1.29, 1.82) is 0 Å².